The largest absolute Gasteiger partial charge is 0.361 e. The molecule has 0 aromatic heterocycles. The molecule has 1 heterocycles. The average molecular weight is 302 g/mol. The van der Waals surface area contributed by atoms with Gasteiger partial charge in [-0.05, 0) is 23.3 Å². The number of carbonyl (C=O) groups excluding carboxylic acids is 1. The van der Waals surface area contributed by atoms with Crippen LogP contribution in [0.4, 0.5) is 0 Å². The number of likely N-dealkylation sites (N-methyl/N-ethyl adjacent to an activating group) is 1. The third-order valence-electron chi connectivity index (χ3n) is 3.82. The molecule has 0 saturated carbocycles. The maximum Gasteiger partial charge on any atom is 0.248 e. The average Bonchev–Trinajstić information content (AvgIpc) is 2.52. The van der Waals surface area contributed by atoms with Gasteiger partial charge in [-0.3, -0.25) is 4.79 Å². The van der Waals surface area contributed by atoms with E-state index < -0.39 is 0 Å². The van der Waals surface area contributed by atoms with Crippen LogP contribution < -0.4 is 0 Å². The van der Waals surface area contributed by atoms with Crippen LogP contribution in [-0.2, 0) is 9.53 Å². The fraction of sp³-hybridized carbons (Fsp3) is 0.235. The van der Waals surface area contributed by atoms with Crippen LogP contribution in [0, 0.1) is 0 Å². The first-order valence-electron chi connectivity index (χ1n) is 6.84. The number of hydrogen-bond donors (Lipinski definition) is 0. The van der Waals surface area contributed by atoms with Crippen molar-refractivity contribution in [2.75, 3.05) is 13.7 Å². The van der Waals surface area contributed by atoms with E-state index in [4.69, 9.17) is 16.3 Å². The molecule has 1 saturated heterocycles. The molecule has 21 heavy (non-hydrogen) atoms. The second-order valence-electron chi connectivity index (χ2n) is 5.14. The summed E-state index contributed by atoms with van der Waals surface area (Å²) in [6.45, 7) is 0.111. The lowest BCUT2D eigenvalue weighted by Gasteiger charge is -2.39. The van der Waals surface area contributed by atoms with E-state index in [-0.39, 0.29) is 24.7 Å². The number of hydrogen-bond acceptors (Lipinski definition) is 2. The molecular formula is C17H16ClNO2. The van der Waals surface area contributed by atoms with Crippen LogP contribution >= 0.6 is 11.6 Å². The Morgan fingerprint density at radius 3 is 2.38 bits per heavy atom. The van der Waals surface area contributed by atoms with Crippen molar-refractivity contribution in [3.63, 3.8) is 0 Å². The Labute approximate surface area is 129 Å². The Morgan fingerprint density at radius 2 is 1.71 bits per heavy atom. The zero-order valence-corrected chi connectivity index (χ0v) is 12.5. The second kappa shape index (κ2) is 5.88. The number of halogens is 1. The van der Waals surface area contributed by atoms with Gasteiger partial charge in [0, 0.05) is 12.1 Å². The summed E-state index contributed by atoms with van der Waals surface area (Å²) in [6.07, 6.45) is -0.171. The van der Waals surface area contributed by atoms with Crippen LogP contribution in [0.1, 0.15) is 23.3 Å². The lowest BCUT2D eigenvalue weighted by Crippen LogP contribution is -2.43. The van der Waals surface area contributed by atoms with Crippen molar-refractivity contribution in [2.24, 2.45) is 0 Å². The predicted molar refractivity (Wildman–Crippen MR) is 82.1 cm³/mol. The third kappa shape index (κ3) is 2.80. The molecule has 1 amide bonds. The molecule has 0 spiro atoms. The molecule has 0 radical (unpaired) electrons. The van der Waals surface area contributed by atoms with Crippen LogP contribution in [0.25, 0.3) is 0 Å². The molecule has 2 atom stereocenters. The monoisotopic (exact) mass is 301 g/mol. The van der Waals surface area contributed by atoms with Gasteiger partial charge in [0.25, 0.3) is 0 Å². The topological polar surface area (TPSA) is 29.5 Å². The molecule has 108 valence electrons. The first-order valence-corrected chi connectivity index (χ1v) is 7.22. The zero-order chi connectivity index (χ0) is 14.8. The molecule has 0 aliphatic carbocycles. The maximum atomic E-state index is 12.0. The molecule has 2 aromatic rings. The number of nitrogens with zero attached hydrogens (tertiary/aromatic N) is 1. The van der Waals surface area contributed by atoms with Gasteiger partial charge in [-0.1, -0.05) is 54.1 Å². The summed E-state index contributed by atoms with van der Waals surface area (Å²) in [6, 6.07) is 17.4. The number of carbonyl (C=O) groups is 1. The summed E-state index contributed by atoms with van der Waals surface area (Å²) in [5.74, 6) is -0.0119. The van der Waals surface area contributed by atoms with E-state index in [0.29, 0.717) is 5.02 Å². The molecule has 2 aromatic carbocycles. The van der Waals surface area contributed by atoms with E-state index in [9.17, 15) is 4.79 Å². The number of morpholine rings is 1. The minimum absolute atomic E-state index is 0.0119. The smallest absolute Gasteiger partial charge is 0.248 e. The molecule has 1 fully saturated rings. The fourth-order valence-electron chi connectivity index (χ4n) is 2.69. The Kier molecular flexibility index (Phi) is 3.95. The summed E-state index contributed by atoms with van der Waals surface area (Å²) in [5, 5.41) is 0.681. The maximum absolute atomic E-state index is 12.0. The van der Waals surface area contributed by atoms with Gasteiger partial charge in [0.2, 0.25) is 5.91 Å². The summed E-state index contributed by atoms with van der Waals surface area (Å²) in [7, 11) is 1.82. The van der Waals surface area contributed by atoms with Crippen molar-refractivity contribution in [3.05, 3.63) is 70.7 Å². The first kappa shape index (κ1) is 14.1. The number of benzene rings is 2. The van der Waals surface area contributed by atoms with E-state index in [1.807, 2.05) is 61.6 Å². The van der Waals surface area contributed by atoms with Crippen molar-refractivity contribution in [1.82, 2.24) is 4.90 Å². The predicted octanol–water partition coefficient (Wildman–Crippen LogP) is 3.61. The minimum Gasteiger partial charge on any atom is -0.361 e. The molecule has 3 nitrogen and oxygen atoms in total. The van der Waals surface area contributed by atoms with Crippen molar-refractivity contribution >= 4 is 17.5 Å². The van der Waals surface area contributed by atoms with E-state index in [2.05, 4.69) is 0 Å². The highest BCUT2D eigenvalue weighted by molar-refractivity contribution is 6.30. The van der Waals surface area contributed by atoms with Crippen LogP contribution in [0.2, 0.25) is 5.02 Å². The Hall–Kier alpha value is -1.84. The van der Waals surface area contributed by atoms with E-state index >= 15 is 0 Å². The SMILES string of the molecule is CN1C(=O)CO[C@@H](c2ccccc2)[C@H]1c1ccc(Cl)cc1. The van der Waals surface area contributed by atoms with Crippen molar-refractivity contribution in [3.8, 4) is 0 Å². The Balaban J connectivity index is 2.01. The van der Waals surface area contributed by atoms with Crippen molar-refractivity contribution < 1.29 is 9.53 Å². The molecule has 3 rings (SSSR count). The van der Waals surface area contributed by atoms with Crippen LogP contribution in [0.15, 0.2) is 54.6 Å². The summed E-state index contributed by atoms with van der Waals surface area (Å²) < 4.78 is 5.82. The molecule has 1 aliphatic heterocycles. The summed E-state index contributed by atoms with van der Waals surface area (Å²) in [5.41, 5.74) is 2.08. The number of amides is 1. The van der Waals surface area contributed by atoms with Gasteiger partial charge in [0.05, 0.1) is 6.04 Å². The quantitative estimate of drug-likeness (QED) is 0.848. The van der Waals surface area contributed by atoms with Crippen molar-refractivity contribution in [1.29, 1.82) is 0 Å². The molecule has 4 heteroatoms. The number of rotatable bonds is 2. The van der Waals surface area contributed by atoms with Gasteiger partial charge in [-0.15, -0.1) is 0 Å². The Bertz CT molecular complexity index is 627. The standard InChI is InChI=1S/C17H16ClNO2/c1-19-15(20)11-21-17(13-5-3-2-4-6-13)16(19)12-7-9-14(18)10-8-12/h2-10,16-17H,11H2,1H3/t16-,17+/m1/s1. The molecule has 0 unspecified atom stereocenters. The van der Waals surface area contributed by atoms with Crippen LogP contribution in [-0.4, -0.2) is 24.5 Å². The lowest BCUT2D eigenvalue weighted by molar-refractivity contribution is -0.155. The zero-order valence-electron chi connectivity index (χ0n) is 11.7. The third-order valence-corrected chi connectivity index (χ3v) is 4.08. The summed E-state index contributed by atoms with van der Waals surface area (Å²) in [4.78, 5) is 13.8. The lowest BCUT2D eigenvalue weighted by atomic mass is 9.93. The number of ether oxygens (including phenoxy) is 1. The van der Waals surface area contributed by atoms with E-state index in [1.54, 1.807) is 4.90 Å². The summed E-state index contributed by atoms with van der Waals surface area (Å²) >= 11 is 5.96. The second-order valence-corrected chi connectivity index (χ2v) is 5.58. The van der Waals surface area contributed by atoms with Gasteiger partial charge in [-0.2, -0.15) is 0 Å². The molecule has 0 bridgehead atoms. The Morgan fingerprint density at radius 1 is 1.05 bits per heavy atom. The van der Waals surface area contributed by atoms with E-state index in [0.717, 1.165) is 11.1 Å². The van der Waals surface area contributed by atoms with Gasteiger partial charge < -0.3 is 9.64 Å². The van der Waals surface area contributed by atoms with Gasteiger partial charge in [0.1, 0.15) is 12.7 Å². The highest BCUT2D eigenvalue weighted by Crippen LogP contribution is 2.39. The first-order chi connectivity index (χ1) is 10.2. The molecule has 1 aliphatic rings. The van der Waals surface area contributed by atoms with E-state index in [1.165, 1.54) is 0 Å². The van der Waals surface area contributed by atoms with Gasteiger partial charge in [-0.25, -0.2) is 0 Å². The highest BCUT2D eigenvalue weighted by Gasteiger charge is 2.36. The van der Waals surface area contributed by atoms with Crippen LogP contribution in [0.3, 0.4) is 0 Å². The highest BCUT2D eigenvalue weighted by atomic mass is 35.5. The minimum atomic E-state index is -0.171. The fourth-order valence-corrected chi connectivity index (χ4v) is 2.82. The molecular weight excluding hydrogens is 286 g/mol. The van der Waals surface area contributed by atoms with Gasteiger partial charge in [0.15, 0.2) is 0 Å². The molecule has 0 N–H and O–H groups in total. The van der Waals surface area contributed by atoms with Crippen molar-refractivity contribution in [2.45, 2.75) is 12.1 Å². The van der Waals surface area contributed by atoms with Gasteiger partial charge >= 0.3 is 0 Å². The normalized spacial score (nSPS) is 22.4. The van der Waals surface area contributed by atoms with Crippen LogP contribution in [0.5, 0.6) is 0 Å².